The van der Waals surface area contributed by atoms with Crippen molar-refractivity contribution in [2.75, 3.05) is 11.9 Å². The van der Waals surface area contributed by atoms with Gasteiger partial charge in [-0.15, -0.1) is 0 Å². The van der Waals surface area contributed by atoms with Gasteiger partial charge in [-0.05, 0) is 38.3 Å². The fourth-order valence-corrected chi connectivity index (χ4v) is 2.66. The lowest BCUT2D eigenvalue weighted by atomic mass is 9.84. The molecule has 0 heterocycles. The number of Topliss-reactive ketones (excluding diaryl/α,β-unsaturated/α-hetero) is 1. The second-order valence-corrected chi connectivity index (χ2v) is 5.19. The zero-order valence-corrected chi connectivity index (χ0v) is 12.4. The molecule has 1 fully saturated rings. The van der Waals surface area contributed by atoms with Crippen LogP contribution < -0.4 is 5.32 Å². The average Bonchev–Trinajstić information content (AvgIpc) is 2.50. The minimum Gasteiger partial charge on any atom is -0.478 e. The Morgan fingerprint density at radius 1 is 1.32 bits per heavy atom. The molecule has 118 valence electrons. The molecule has 0 aliphatic heterocycles. The van der Waals surface area contributed by atoms with Crippen molar-refractivity contribution in [3.63, 3.8) is 0 Å². The van der Waals surface area contributed by atoms with Gasteiger partial charge in [0.25, 0.3) is 0 Å². The number of aromatic carboxylic acids is 1. The highest BCUT2D eigenvalue weighted by Gasteiger charge is 2.37. The van der Waals surface area contributed by atoms with E-state index in [1.165, 1.54) is 6.07 Å². The molecule has 0 saturated heterocycles. The van der Waals surface area contributed by atoms with Crippen molar-refractivity contribution < 1.29 is 24.2 Å². The number of ether oxygens (including phenoxy) is 1. The summed E-state index contributed by atoms with van der Waals surface area (Å²) in [6.07, 6.45) is 1.77. The summed E-state index contributed by atoms with van der Waals surface area (Å²) in [6.45, 7) is 1.94. The van der Waals surface area contributed by atoms with Crippen LogP contribution >= 0.6 is 0 Å². The van der Waals surface area contributed by atoms with Crippen molar-refractivity contribution >= 4 is 23.4 Å². The highest BCUT2D eigenvalue weighted by atomic mass is 16.5. The Balaban J connectivity index is 2.14. The van der Waals surface area contributed by atoms with Gasteiger partial charge in [-0.3, -0.25) is 9.59 Å². The molecule has 2 atom stereocenters. The molecule has 1 saturated carbocycles. The van der Waals surface area contributed by atoms with E-state index in [9.17, 15) is 19.5 Å². The Hall–Kier alpha value is -2.37. The van der Waals surface area contributed by atoms with E-state index in [2.05, 4.69) is 5.32 Å². The Bertz CT molecular complexity index is 584. The first kappa shape index (κ1) is 16.0. The van der Waals surface area contributed by atoms with Gasteiger partial charge < -0.3 is 15.2 Å². The Morgan fingerprint density at radius 2 is 2.05 bits per heavy atom. The Kier molecular flexibility index (Phi) is 5.14. The van der Waals surface area contributed by atoms with E-state index < -0.39 is 23.9 Å². The maximum absolute atomic E-state index is 12.4. The smallest absolute Gasteiger partial charge is 0.337 e. The number of para-hydroxylation sites is 1. The second-order valence-electron chi connectivity index (χ2n) is 5.19. The van der Waals surface area contributed by atoms with Crippen LogP contribution in [0.15, 0.2) is 24.3 Å². The predicted octanol–water partition coefficient (Wildman–Crippen LogP) is 2.10. The molecule has 0 aromatic heterocycles. The van der Waals surface area contributed by atoms with E-state index in [0.717, 1.165) is 0 Å². The topological polar surface area (TPSA) is 92.7 Å². The average molecular weight is 305 g/mol. The number of carboxylic acids is 1. The van der Waals surface area contributed by atoms with Crippen LogP contribution in [0.1, 0.15) is 36.5 Å². The summed E-state index contributed by atoms with van der Waals surface area (Å²) in [6, 6.07) is 5.85. The first-order chi connectivity index (χ1) is 10.5. The van der Waals surface area contributed by atoms with Gasteiger partial charge in [0.1, 0.15) is 5.92 Å². The summed E-state index contributed by atoms with van der Waals surface area (Å²) in [7, 11) is 0. The highest BCUT2D eigenvalue weighted by Crippen LogP contribution is 2.26. The first-order valence-electron chi connectivity index (χ1n) is 7.33. The summed E-state index contributed by atoms with van der Waals surface area (Å²) in [5, 5.41) is 12.1. The number of hydrogen-bond acceptors (Lipinski definition) is 5. The number of anilines is 1. The van der Waals surface area contributed by atoms with Crippen molar-refractivity contribution in [1.82, 2.24) is 0 Å². The minimum absolute atomic E-state index is 0.105. The number of carbonyl (C=O) groups is 3. The molecule has 0 bridgehead atoms. The van der Waals surface area contributed by atoms with E-state index in [-0.39, 0.29) is 18.0 Å². The molecule has 1 aliphatic carbocycles. The maximum atomic E-state index is 12.4. The van der Waals surface area contributed by atoms with Gasteiger partial charge in [-0.2, -0.15) is 0 Å². The summed E-state index contributed by atoms with van der Waals surface area (Å²) >= 11 is 0. The SMILES string of the molecule is CCOC(=O)[C@H]1CCC[C@@H](Nc2ccccc2C(=O)O)C1=O. The van der Waals surface area contributed by atoms with Crippen molar-refractivity contribution in [2.24, 2.45) is 5.92 Å². The molecule has 2 rings (SSSR count). The van der Waals surface area contributed by atoms with Crippen molar-refractivity contribution in [1.29, 1.82) is 0 Å². The third-order valence-electron chi connectivity index (χ3n) is 3.73. The fourth-order valence-electron chi connectivity index (χ4n) is 2.66. The maximum Gasteiger partial charge on any atom is 0.337 e. The van der Waals surface area contributed by atoms with Crippen LogP contribution in [0.3, 0.4) is 0 Å². The molecule has 6 nitrogen and oxygen atoms in total. The van der Waals surface area contributed by atoms with Crippen molar-refractivity contribution in [3.8, 4) is 0 Å². The number of rotatable bonds is 5. The van der Waals surface area contributed by atoms with Crippen LogP contribution in [0.2, 0.25) is 0 Å². The van der Waals surface area contributed by atoms with E-state index >= 15 is 0 Å². The van der Waals surface area contributed by atoms with E-state index in [1.807, 2.05) is 0 Å². The van der Waals surface area contributed by atoms with Crippen LogP contribution in [0.25, 0.3) is 0 Å². The van der Waals surface area contributed by atoms with Gasteiger partial charge in [-0.1, -0.05) is 12.1 Å². The first-order valence-corrected chi connectivity index (χ1v) is 7.33. The Labute approximate surface area is 128 Å². The molecule has 0 radical (unpaired) electrons. The molecule has 1 aliphatic rings. The minimum atomic E-state index is -1.06. The van der Waals surface area contributed by atoms with Gasteiger partial charge >= 0.3 is 11.9 Å². The van der Waals surface area contributed by atoms with Crippen molar-refractivity contribution in [2.45, 2.75) is 32.2 Å². The Morgan fingerprint density at radius 3 is 2.73 bits per heavy atom. The molecule has 1 aromatic carbocycles. The molecule has 22 heavy (non-hydrogen) atoms. The number of nitrogens with one attached hydrogen (secondary N) is 1. The van der Waals surface area contributed by atoms with Gasteiger partial charge in [-0.25, -0.2) is 4.79 Å². The van der Waals surface area contributed by atoms with Gasteiger partial charge in [0, 0.05) is 5.69 Å². The van der Waals surface area contributed by atoms with Gasteiger partial charge in [0.15, 0.2) is 5.78 Å². The van der Waals surface area contributed by atoms with Crippen LogP contribution in [0.4, 0.5) is 5.69 Å². The molecule has 0 unspecified atom stereocenters. The predicted molar refractivity (Wildman–Crippen MR) is 79.8 cm³/mol. The number of carboxylic acid groups (broad SMARTS) is 1. The quantitative estimate of drug-likeness (QED) is 0.639. The zero-order chi connectivity index (χ0) is 16.1. The lowest BCUT2D eigenvalue weighted by Crippen LogP contribution is -2.42. The summed E-state index contributed by atoms with van der Waals surface area (Å²) in [5.41, 5.74) is 0.492. The normalized spacial score (nSPS) is 21.2. The standard InChI is InChI=1S/C16H19NO5/c1-2-22-16(21)11-7-5-9-13(14(11)18)17-12-8-4-3-6-10(12)15(19)20/h3-4,6,8,11,13,17H,2,5,7,9H2,1H3,(H,19,20)/t11-,13+/m0/s1. The summed E-state index contributed by atoms with van der Waals surface area (Å²) in [4.78, 5) is 35.4. The number of esters is 1. The number of carbonyl (C=O) groups excluding carboxylic acids is 2. The van der Waals surface area contributed by atoms with Crippen LogP contribution in [0, 0.1) is 5.92 Å². The molecule has 2 N–H and O–H groups in total. The summed E-state index contributed by atoms with van der Waals surface area (Å²) in [5.74, 6) is -2.55. The molecule has 1 aromatic rings. The molecule has 6 heteroatoms. The lowest BCUT2D eigenvalue weighted by Gasteiger charge is -2.28. The highest BCUT2D eigenvalue weighted by molar-refractivity contribution is 6.04. The molecule has 0 amide bonds. The lowest BCUT2D eigenvalue weighted by molar-refractivity contribution is -0.153. The van der Waals surface area contributed by atoms with Crippen molar-refractivity contribution in [3.05, 3.63) is 29.8 Å². The van der Waals surface area contributed by atoms with E-state index in [1.54, 1.807) is 25.1 Å². The largest absolute Gasteiger partial charge is 0.478 e. The van der Waals surface area contributed by atoms with E-state index in [0.29, 0.717) is 24.9 Å². The third kappa shape index (κ3) is 3.44. The van der Waals surface area contributed by atoms with Gasteiger partial charge in [0.05, 0.1) is 18.2 Å². The van der Waals surface area contributed by atoms with Gasteiger partial charge in [0.2, 0.25) is 0 Å². The third-order valence-corrected chi connectivity index (χ3v) is 3.73. The number of benzene rings is 1. The van der Waals surface area contributed by atoms with Crippen LogP contribution in [-0.2, 0) is 14.3 Å². The summed E-state index contributed by atoms with van der Waals surface area (Å²) < 4.78 is 4.93. The molecule has 0 spiro atoms. The molecular weight excluding hydrogens is 286 g/mol. The van der Waals surface area contributed by atoms with E-state index in [4.69, 9.17) is 4.74 Å². The zero-order valence-electron chi connectivity index (χ0n) is 12.4. The van der Waals surface area contributed by atoms with Crippen LogP contribution in [-0.4, -0.2) is 35.5 Å². The number of hydrogen-bond donors (Lipinski definition) is 2. The monoisotopic (exact) mass is 305 g/mol. The molecular formula is C16H19NO5. The number of ketones is 1. The van der Waals surface area contributed by atoms with Crippen LogP contribution in [0.5, 0.6) is 0 Å². The second kappa shape index (κ2) is 7.06. The fraction of sp³-hybridized carbons (Fsp3) is 0.438.